The van der Waals surface area contributed by atoms with E-state index in [0.717, 1.165) is 25.8 Å². The molecule has 72 valence electrons. The summed E-state index contributed by atoms with van der Waals surface area (Å²) >= 11 is 0. The Morgan fingerprint density at radius 3 is 3.31 bits per heavy atom. The fourth-order valence-corrected chi connectivity index (χ4v) is 2.73. The van der Waals surface area contributed by atoms with Crippen LogP contribution in [0.2, 0.25) is 0 Å². The summed E-state index contributed by atoms with van der Waals surface area (Å²) in [5.41, 5.74) is 0. The summed E-state index contributed by atoms with van der Waals surface area (Å²) in [5, 5.41) is 6.78. The molecule has 3 aliphatic heterocycles. The minimum Gasteiger partial charge on any atom is -0.347 e. The number of nitrogens with zero attached hydrogens (tertiary/aromatic N) is 2. The molecule has 0 aromatic carbocycles. The first-order valence-electron chi connectivity index (χ1n) is 5.14. The highest BCUT2D eigenvalue weighted by atomic mass is 15.3. The largest absolute Gasteiger partial charge is 0.347 e. The molecule has 0 saturated carbocycles. The van der Waals surface area contributed by atoms with Crippen LogP contribution >= 0.6 is 0 Å². The molecule has 3 aliphatic rings. The molecule has 2 fully saturated rings. The van der Waals surface area contributed by atoms with Gasteiger partial charge in [0, 0.05) is 19.0 Å². The van der Waals surface area contributed by atoms with Gasteiger partial charge in [-0.15, -0.1) is 0 Å². The van der Waals surface area contributed by atoms with Crippen LogP contribution in [0.5, 0.6) is 0 Å². The Morgan fingerprint density at radius 1 is 1.31 bits per heavy atom. The van der Waals surface area contributed by atoms with Gasteiger partial charge in [0.2, 0.25) is 0 Å². The summed E-state index contributed by atoms with van der Waals surface area (Å²) in [5.74, 6) is 2.88. The van der Waals surface area contributed by atoms with Crippen LogP contribution in [0, 0.1) is 11.8 Å². The van der Waals surface area contributed by atoms with Crippen LogP contribution in [-0.4, -0.2) is 43.7 Å². The molecule has 2 unspecified atom stereocenters. The van der Waals surface area contributed by atoms with Crippen molar-refractivity contribution in [2.24, 2.45) is 16.8 Å². The predicted octanol–water partition coefficient (Wildman–Crippen LogP) is -0.556. The van der Waals surface area contributed by atoms with Gasteiger partial charge in [0.15, 0.2) is 0 Å². The van der Waals surface area contributed by atoms with E-state index in [0.29, 0.717) is 5.92 Å². The molecule has 0 aromatic rings. The van der Waals surface area contributed by atoms with Gasteiger partial charge in [-0.05, 0) is 18.9 Å². The first-order chi connectivity index (χ1) is 6.43. The van der Waals surface area contributed by atoms with E-state index in [1.165, 1.54) is 25.3 Å². The van der Waals surface area contributed by atoms with Crippen LogP contribution in [0.25, 0.3) is 0 Å². The van der Waals surface area contributed by atoms with Gasteiger partial charge in [-0.3, -0.25) is 10.3 Å². The molecule has 0 radical (unpaired) electrons. The highest BCUT2D eigenvalue weighted by molar-refractivity contribution is 5.86. The quantitative estimate of drug-likeness (QED) is 0.525. The molecule has 13 heavy (non-hydrogen) atoms. The molecule has 0 amide bonds. The maximum atomic E-state index is 4.56. The van der Waals surface area contributed by atoms with Crippen molar-refractivity contribution < 1.29 is 0 Å². The second kappa shape index (κ2) is 2.96. The van der Waals surface area contributed by atoms with Crippen LogP contribution in [0.1, 0.15) is 6.42 Å². The van der Waals surface area contributed by atoms with E-state index < -0.39 is 0 Å². The third-order valence-electron chi connectivity index (χ3n) is 3.26. The Balaban J connectivity index is 1.87. The van der Waals surface area contributed by atoms with Gasteiger partial charge in [0.05, 0.1) is 13.3 Å². The third kappa shape index (κ3) is 1.25. The van der Waals surface area contributed by atoms with Crippen LogP contribution in [0.15, 0.2) is 4.99 Å². The van der Waals surface area contributed by atoms with Crippen LogP contribution < -0.4 is 10.6 Å². The Hall–Kier alpha value is -0.610. The molecule has 0 aromatic heterocycles. The van der Waals surface area contributed by atoms with E-state index in [-0.39, 0.29) is 0 Å². The summed E-state index contributed by atoms with van der Waals surface area (Å²) < 4.78 is 0. The fraction of sp³-hybridized carbons (Fsp3) is 0.889. The summed E-state index contributed by atoms with van der Waals surface area (Å²) in [4.78, 5) is 6.98. The van der Waals surface area contributed by atoms with E-state index in [4.69, 9.17) is 0 Å². The van der Waals surface area contributed by atoms with Gasteiger partial charge in [0.25, 0.3) is 0 Å². The van der Waals surface area contributed by atoms with E-state index in [9.17, 15) is 0 Å². The van der Waals surface area contributed by atoms with Gasteiger partial charge in [0.1, 0.15) is 5.84 Å². The lowest BCUT2D eigenvalue weighted by Crippen LogP contribution is -2.58. The maximum absolute atomic E-state index is 4.56. The summed E-state index contributed by atoms with van der Waals surface area (Å²) in [7, 11) is 0. The Kier molecular flexibility index (Phi) is 1.77. The number of hydrogen-bond donors (Lipinski definition) is 2. The van der Waals surface area contributed by atoms with E-state index in [2.05, 4.69) is 20.5 Å². The lowest BCUT2D eigenvalue weighted by atomic mass is 9.85. The van der Waals surface area contributed by atoms with Crippen LogP contribution in [0.4, 0.5) is 0 Å². The first-order valence-corrected chi connectivity index (χ1v) is 5.14. The van der Waals surface area contributed by atoms with E-state index in [1.807, 2.05) is 0 Å². The molecule has 2 N–H and O–H groups in total. The molecule has 3 heterocycles. The minimum absolute atomic E-state index is 0.689. The smallest absolute Gasteiger partial charge is 0.106 e. The average Bonchev–Trinajstić information content (AvgIpc) is 2.18. The average molecular weight is 180 g/mol. The van der Waals surface area contributed by atoms with Crippen molar-refractivity contribution in [3.8, 4) is 0 Å². The van der Waals surface area contributed by atoms with Crippen molar-refractivity contribution in [1.29, 1.82) is 0 Å². The number of aliphatic imine (C=N–C) groups is 1. The number of nitrogens with one attached hydrogen (secondary N) is 2. The SMILES string of the molecule is C1N=C2C3CNCC(C3)CN2CN1. The van der Waals surface area contributed by atoms with Gasteiger partial charge in [-0.1, -0.05) is 0 Å². The summed E-state index contributed by atoms with van der Waals surface area (Å²) in [6, 6.07) is 0. The standard InChI is InChI=1S/C9H16N4/c1-7-2-10-3-8(1)9-12-5-11-6-13(9)4-7/h7-8,10-11H,1-6H2. The highest BCUT2D eigenvalue weighted by Gasteiger charge is 2.35. The van der Waals surface area contributed by atoms with Crippen molar-refractivity contribution in [1.82, 2.24) is 15.5 Å². The van der Waals surface area contributed by atoms with Crippen LogP contribution in [-0.2, 0) is 0 Å². The number of fused-ring (bicyclic) bond motifs is 4. The molecule has 2 atom stereocenters. The Morgan fingerprint density at radius 2 is 2.31 bits per heavy atom. The van der Waals surface area contributed by atoms with Gasteiger partial charge in [-0.2, -0.15) is 0 Å². The zero-order chi connectivity index (χ0) is 8.67. The minimum atomic E-state index is 0.689. The molecule has 2 saturated heterocycles. The molecule has 3 rings (SSSR count). The van der Waals surface area contributed by atoms with Gasteiger partial charge >= 0.3 is 0 Å². The summed E-state index contributed by atoms with van der Waals surface area (Å²) in [6.07, 6.45) is 1.35. The third-order valence-corrected chi connectivity index (χ3v) is 3.26. The molecular weight excluding hydrogens is 164 g/mol. The van der Waals surface area contributed by atoms with Gasteiger partial charge < -0.3 is 10.2 Å². The van der Waals surface area contributed by atoms with Crippen molar-refractivity contribution in [2.45, 2.75) is 6.42 Å². The van der Waals surface area contributed by atoms with Crippen LogP contribution in [0.3, 0.4) is 0 Å². The van der Waals surface area contributed by atoms with E-state index in [1.54, 1.807) is 0 Å². The lowest BCUT2D eigenvalue weighted by Gasteiger charge is -2.45. The molecule has 0 spiro atoms. The molecule has 4 heteroatoms. The number of piperidine rings is 2. The zero-order valence-electron chi connectivity index (χ0n) is 7.79. The normalized spacial score (nSPS) is 38.2. The topological polar surface area (TPSA) is 39.7 Å². The second-order valence-electron chi connectivity index (χ2n) is 4.26. The van der Waals surface area contributed by atoms with Crippen molar-refractivity contribution >= 4 is 5.84 Å². The highest BCUT2D eigenvalue weighted by Crippen LogP contribution is 2.26. The van der Waals surface area contributed by atoms with Crippen molar-refractivity contribution in [3.05, 3.63) is 0 Å². The van der Waals surface area contributed by atoms with E-state index >= 15 is 0 Å². The Labute approximate surface area is 78.4 Å². The molecule has 4 nitrogen and oxygen atoms in total. The second-order valence-corrected chi connectivity index (χ2v) is 4.26. The molecular formula is C9H16N4. The molecule has 0 aliphatic carbocycles. The zero-order valence-corrected chi connectivity index (χ0v) is 7.79. The predicted molar refractivity (Wildman–Crippen MR) is 51.5 cm³/mol. The van der Waals surface area contributed by atoms with Crippen molar-refractivity contribution in [3.63, 3.8) is 0 Å². The molecule has 2 bridgehead atoms. The fourth-order valence-electron chi connectivity index (χ4n) is 2.73. The van der Waals surface area contributed by atoms with Crippen molar-refractivity contribution in [2.75, 3.05) is 33.0 Å². The van der Waals surface area contributed by atoms with Gasteiger partial charge in [-0.25, -0.2) is 0 Å². The Bertz CT molecular complexity index is 238. The number of amidine groups is 1. The first kappa shape index (κ1) is 7.76. The lowest BCUT2D eigenvalue weighted by molar-refractivity contribution is 0.194. The monoisotopic (exact) mass is 180 g/mol. The number of rotatable bonds is 0. The maximum Gasteiger partial charge on any atom is 0.106 e. The number of hydrogen-bond acceptors (Lipinski definition) is 4. The summed E-state index contributed by atoms with van der Waals surface area (Å²) in [6.45, 7) is 5.33.